The largest absolute Gasteiger partial charge is 0.483 e. The highest BCUT2D eigenvalue weighted by molar-refractivity contribution is 7.99. The number of hydrogen-bond donors (Lipinski definition) is 2. The van der Waals surface area contributed by atoms with Crippen LogP contribution in [0.25, 0.3) is 0 Å². The van der Waals surface area contributed by atoms with Gasteiger partial charge in [-0.1, -0.05) is 66.4 Å². The maximum absolute atomic E-state index is 8.36. The first-order valence-corrected chi connectivity index (χ1v) is 11.2. The van der Waals surface area contributed by atoms with Crippen LogP contribution in [0.2, 0.25) is 0 Å². The smallest absolute Gasteiger partial charge is 0.290 e. The molecule has 3 aromatic carbocycles. The molecule has 5 heteroatoms. The van der Waals surface area contributed by atoms with E-state index in [-0.39, 0.29) is 6.47 Å². The van der Waals surface area contributed by atoms with Crippen LogP contribution in [0.3, 0.4) is 0 Å². The van der Waals surface area contributed by atoms with E-state index in [9.17, 15) is 0 Å². The first-order valence-electron chi connectivity index (χ1n) is 10.4. The van der Waals surface area contributed by atoms with Crippen molar-refractivity contribution in [2.45, 2.75) is 36.6 Å². The lowest BCUT2D eigenvalue weighted by molar-refractivity contribution is -0.122. The Bertz CT molecular complexity index is 911. The highest BCUT2D eigenvalue weighted by atomic mass is 32.2. The van der Waals surface area contributed by atoms with E-state index in [1.54, 1.807) is 0 Å². The van der Waals surface area contributed by atoms with Crippen molar-refractivity contribution in [2.24, 2.45) is 0 Å². The summed E-state index contributed by atoms with van der Waals surface area (Å²) < 4.78 is 0. The highest BCUT2D eigenvalue weighted by Gasteiger charge is 2.08. The Morgan fingerprint density at radius 1 is 0.935 bits per heavy atom. The molecule has 0 saturated heterocycles. The van der Waals surface area contributed by atoms with Gasteiger partial charge in [0.1, 0.15) is 0 Å². The summed E-state index contributed by atoms with van der Waals surface area (Å²) in [6.45, 7) is 7.11. The molecule has 0 saturated carbocycles. The van der Waals surface area contributed by atoms with Crippen LogP contribution >= 0.6 is 11.8 Å². The minimum absolute atomic E-state index is 0.250. The standard InChI is InChI=1S/C25H30N2S.CH2O2/c1-20-11-9-12-21(2)25(20)28-24-16-8-7-13-22(24)19-26-17-10-18-27(3)23-14-5-4-6-15-23;2-1-3/h4-9,11-16,26H,10,17-19H2,1-3H3;1H,(H,2,3). The highest BCUT2D eigenvalue weighted by Crippen LogP contribution is 2.34. The molecule has 0 aromatic heterocycles. The molecule has 0 amide bonds. The number of aryl methyl sites for hydroxylation is 2. The molecular formula is C26H32N2O2S. The number of anilines is 1. The summed E-state index contributed by atoms with van der Waals surface area (Å²) >= 11 is 1.89. The molecule has 164 valence electrons. The van der Waals surface area contributed by atoms with Crippen molar-refractivity contribution in [1.29, 1.82) is 0 Å². The van der Waals surface area contributed by atoms with Gasteiger partial charge in [-0.3, -0.25) is 4.79 Å². The fourth-order valence-corrected chi connectivity index (χ4v) is 4.39. The van der Waals surface area contributed by atoms with Gasteiger partial charge in [-0.2, -0.15) is 0 Å². The summed E-state index contributed by atoms with van der Waals surface area (Å²) in [5.74, 6) is 0. The third-order valence-corrected chi connectivity index (χ3v) is 6.42. The van der Waals surface area contributed by atoms with Gasteiger partial charge in [0.25, 0.3) is 6.47 Å². The van der Waals surface area contributed by atoms with Crippen molar-refractivity contribution in [3.63, 3.8) is 0 Å². The third kappa shape index (κ3) is 8.12. The summed E-state index contributed by atoms with van der Waals surface area (Å²) in [6, 6.07) is 25.8. The number of hydrogen-bond acceptors (Lipinski definition) is 4. The van der Waals surface area contributed by atoms with Crippen molar-refractivity contribution < 1.29 is 9.90 Å². The quantitative estimate of drug-likeness (QED) is 0.329. The molecule has 0 bridgehead atoms. The predicted octanol–water partition coefficient (Wildman–Crippen LogP) is 5.77. The monoisotopic (exact) mass is 436 g/mol. The average Bonchev–Trinajstić information content (AvgIpc) is 2.78. The summed E-state index contributed by atoms with van der Waals surface area (Å²) in [5.41, 5.74) is 5.33. The molecule has 0 radical (unpaired) electrons. The van der Waals surface area contributed by atoms with Gasteiger partial charge in [-0.25, -0.2) is 0 Å². The van der Waals surface area contributed by atoms with Gasteiger partial charge in [0, 0.05) is 35.6 Å². The average molecular weight is 437 g/mol. The van der Waals surface area contributed by atoms with E-state index in [1.165, 1.54) is 32.2 Å². The summed E-state index contributed by atoms with van der Waals surface area (Å²) in [5, 5.41) is 10.5. The van der Waals surface area contributed by atoms with E-state index in [0.717, 1.165) is 26.1 Å². The number of carboxylic acid groups (broad SMARTS) is 1. The predicted molar refractivity (Wildman–Crippen MR) is 131 cm³/mol. The minimum atomic E-state index is -0.250. The van der Waals surface area contributed by atoms with Crippen LogP contribution < -0.4 is 10.2 Å². The van der Waals surface area contributed by atoms with Gasteiger partial charge in [0.05, 0.1) is 0 Å². The topological polar surface area (TPSA) is 52.6 Å². The maximum Gasteiger partial charge on any atom is 0.290 e. The van der Waals surface area contributed by atoms with Gasteiger partial charge >= 0.3 is 0 Å². The molecule has 0 unspecified atom stereocenters. The van der Waals surface area contributed by atoms with E-state index in [0.29, 0.717) is 0 Å². The molecule has 0 atom stereocenters. The second-order valence-electron chi connectivity index (χ2n) is 7.32. The van der Waals surface area contributed by atoms with E-state index in [2.05, 4.69) is 104 Å². The van der Waals surface area contributed by atoms with Crippen LogP contribution in [0.1, 0.15) is 23.1 Å². The number of para-hydroxylation sites is 1. The zero-order chi connectivity index (χ0) is 22.5. The zero-order valence-electron chi connectivity index (χ0n) is 18.5. The van der Waals surface area contributed by atoms with Crippen molar-refractivity contribution in [1.82, 2.24) is 5.32 Å². The molecule has 0 heterocycles. The Labute approximate surface area is 190 Å². The van der Waals surface area contributed by atoms with Crippen molar-refractivity contribution in [3.8, 4) is 0 Å². The van der Waals surface area contributed by atoms with Gasteiger partial charge in [0.15, 0.2) is 0 Å². The van der Waals surface area contributed by atoms with Crippen LogP contribution in [0.4, 0.5) is 5.69 Å². The van der Waals surface area contributed by atoms with E-state index in [4.69, 9.17) is 9.90 Å². The Kier molecular flexibility index (Phi) is 10.7. The Morgan fingerprint density at radius 3 is 2.23 bits per heavy atom. The van der Waals surface area contributed by atoms with E-state index >= 15 is 0 Å². The van der Waals surface area contributed by atoms with Crippen LogP contribution in [0.15, 0.2) is 82.6 Å². The number of nitrogens with one attached hydrogen (secondary N) is 1. The van der Waals surface area contributed by atoms with Crippen LogP contribution in [0.5, 0.6) is 0 Å². The van der Waals surface area contributed by atoms with Crippen molar-refractivity contribution in [2.75, 3.05) is 25.0 Å². The summed E-state index contributed by atoms with van der Waals surface area (Å²) in [4.78, 5) is 13.4. The van der Waals surface area contributed by atoms with Crippen LogP contribution in [-0.4, -0.2) is 31.7 Å². The lowest BCUT2D eigenvalue weighted by Crippen LogP contribution is -2.23. The Balaban J connectivity index is 0.00000107. The van der Waals surface area contributed by atoms with Gasteiger partial charge in [0.2, 0.25) is 0 Å². The second kappa shape index (κ2) is 13.5. The molecule has 0 spiro atoms. The molecule has 0 fully saturated rings. The summed E-state index contributed by atoms with van der Waals surface area (Å²) in [6.07, 6.45) is 1.12. The molecule has 3 rings (SSSR count). The molecule has 3 aromatic rings. The number of carbonyl (C=O) groups is 1. The Hall–Kier alpha value is -2.76. The lowest BCUT2D eigenvalue weighted by atomic mass is 10.2. The van der Waals surface area contributed by atoms with Crippen LogP contribution in [-0.2, 0) is 11.3 Å². The molecule has 2 N–H and O–H groups in total. The SMILES string of the molecule is Cc1cccc(C)c1Sc1ccccc1CNCCCN(C)c1ccccc1.O=CO. The van der Waals surface area contributed by atoms with Gasteiger partial charge in [-0.15, -0.1) is 0 Å². The third-order valence-electron chi connectivity index (χ3n) is 4.95. The molecule has 4 nitrogen and oxygen atoms in total. The van der Waals surface area contributed by atoms with E-state index in [1.807, 2.05) is 11.8 Å². The number of rotatable bonds is 9. The van der Waals surface area contributed by atoms with Gasteiger partial charge < -0.3 is 15.3 Å². The fraction of sp³-hybridized carbons (Fsp3) is 0.269. The molecule has 0 aliphatic heterocycles. The fourth-order valence-electron chi connectivity index (χ4n) is 3.30. The molecule has 0 aliphatic carbocycles. The first-order chi connectivity index (χ1) is 15.1. The van der Waals surface area contributed by atoms with Gasteiger partial charge in [-0.05, 0) is 61.7 Å². The van der Waals surface area contributed by atoms with Crippen LogP contribution in [0, 0.1) is 13.8 Å². The van der Waals surface area contributed by atoms with Crippen molar-refractivity contribution >= 4 is 23.9 Å². The Morgan fingerprint density at radius 2 is 1.55 bits per heavy atom. The molecule has 31 heavy (non-hydrogen) atoms. The zero-order valence-corrected chi connectivity index (χ0v) is 19.4. The maximum atomic E-state index is 8.36. The van der Waals surface area contributed by atoms with E-state index < -0.39 is 0 Å². The summed E-state index contributed by atoms with van der Waals surface area (Å²) in [7, 11) is 2.16. The molecule has 0 aliphatic rings. The lowest BCUT2D eigenvalue weighted by Gasteiger charge is -2.19. The molecular weight excluding hydrogens is 404 g/mol. The first kappa shape index (κ1) is 24.5. The number of benzene rings is 3. The number of nitrogens with zero attached hydrogens (tertiary/aromatic N) is 1. The minimum Gasteiger partial charge on any atom is -0.483 e. The normalized spacial score (nSPS) is 10.2. The second-order valence-corrected chi connectivity index (χ2v) is 8.38. The van der Waals surface area contributed by atoms with Crippen molar-refractivity contribution in [3.05, 3.63) is 89.5 Å².